The Balaban J connectivity index is 1.27. The molecule has 2 aromatic carbocycles. The maximum absolute atomic E-state index is 13.8. The van der Waals surface area contributed by atoms with Gasteiger partial charge in [-0.2, -0.15) is 0 Å². The van der Waals surface area contributed by atoms with Gasteiger partial charge in [-0.3, -0.25) is 9.80 Å². The number of thiophene rings is 1. The highest BCUT2D eigenvalue weighted by Crippen LogP contribution is 2.38. The van der Waals surface area contributed by atoms with Gasteiger partial charge in [-0.1, -0.05) is 35.6 Å². The van der Waals surface area contributed by atoms with Gasteiger partial charge in [-0.25, -0.2) is 28.8 Å². The van der Waals surface area contributed by atoms with Gasteiger partial charge in [0.15, 0.2) is 5.82 Å². The van der Waals surface area contributed by atoms with Crippen molar-refractivity contribution in [2.24, 2.45) is 0 Å². The van der Waals surface area contributed by atoms with Crippen LogP contribution in [0.4, 0.5) is 25.5 Å². The van der Waals surface area contributed by atoms with Gasteiger partial charge in [0.1, 0.15) is 30.1 Å². The fourth-order valence-electron chi connectivity index (χ4n) is 5.95. The number of carboxylic acid groups (broad SMARTS) is 1. The van der Waals surface area contributed by atoms with E-state index in [1.807, 2.05) is 0 Å². The zero-order valence-corrected chi connectivity index (χ0v) is 29.5. The van der Waals surface area contributed by atoms with Crippen LogP contribution in [0.1, 0.15) is 44.1 Å². The highest BCUT2D eigenvalue weighted by atomic mass is 35.5. The lowest BCUT2D eigenvalue weighted by Crippen LogP contribution is -2.48. The number of hydrogen-bond acceptors (Lipinski definition) is 9. The molecule has 2 atom stereocenters. The normalized spacial score (nSPS) is 18.1. The van der Waals surface area contributed by atoms with Crippen molar-refractivity contribution >= 4 is 56.8 Å². The molecule has 6 rings (SSSR count). The molecule has 262 valence electrons. The van der Waals surface area contributed by atoms with E-state index in [2.05, 4.69) is 26.7 Å². The molecule has 0 aliphatic carbocycles. The Morgan fingerprint density at radius 2 is 1.94 bits per heavy atom. The fourth-order valence-corrected chi connectivity index (χ4v) is 7.13. The number of aromatic nitrogens is 2. The molecule has 2 aliphatic heterocycles. The molecule has 0 unspecified atom stereocenters. The minimum absolute atomic E-state index is 0.0950. The van der Waals surface area contributed by atoms with Gasteiger partial charge in [0, 0.05) is 25.7 Å². The molecule has 14 heteroatoms. The number of carbonyl (C=O) groups excluding carboxylic acids is 1. The highest BCUT2D eigenvalue weighted by Gasteiger charge is 2.37. The van der Waals surface area contributed by atoms with Gasteiger partial charge >= 0.3 is 12.2 Å². The van der Waals surface area contributed by atoms with Crippen molar-refractivity contribution in [3.63, 3.8) is 0 Å². The molecular weight excluding hydrogens is 685 g/mol. The second-order valence-electron chi connectivity index (χ2n) is 13.0. The molecule has 2 aliphatic rings. The number of anilines is 2. The van der Waals surface area contributed by atoms with E-state index >= 15 is 0 Å². The van der Waals surface area contributed by atoms with Gasteiger partial charge < -0.3 is 19.3 Å². The first kappa shape index (κ1) is 35.3. The summed E-state index contributed by atoms with van der Waals surface area (Å²) < 4.78 is 31.3. The van der Waals surface area contributed by atoms with Crippen molar-refractivity contribution in [3.8, 4) is 17.6 Å². The average Bonchev–Trinajstić information content (AvgIpc) is 3.67. The van der Waals surface area contributed by atoms with E-state index in [1.165, 1.54) is 39.6 Å². The number of amides is 2. The number of rotatable bonds is 7. The van der Waals surface area contributed by atoms with E-state index in [-0.39, 0.29) is 29.3 Å². The minimum atomic E-state index is -0.985. The summed E-state index contributed by atoms with van der Waals surface area (Å²) in [4.78, 5) is 40.7. The monoisotopic (exact) mass is 721 g/mol. The fraction of sp³-hybridized carbons (Fsp3) is 0.389. The summed E-state index contributed by atoms with van der Waals surface area (Å²) >= 11 is 7.93. The zero-order valence-electron chi connectivity index (χ0n) is 27.9. The molecule has 4 aromatic rings. The largest absolute Gasteiger partial charge is 0.487 e. The number of ether oxygens (including phenoxy) is 3. The lowest BCUT2D eigenvalue weighted by molar-refractivity contribution is 0.0263. The Morgan fingerprint density at radius 1 is 1.14 bits per heavy atom. The van der Waals surface area contributed by atoms with E-state index < -0.39 is 23.8 Å². The van der Waals surface area contributed by atoms with Crippen molar-refractivity contribution in [2.45, 2.75) is 57.9 Å². The predicted octanol–water partition coefficient (Wildman–Crippen LogP) is 7.33. The Kier molecular flexibility index (Phi) is 10.7. The van der Waals surface area contributed by atoms with Crippen molar-refractivity contribution in [2.75, 3.05) is 37.7 Å². The van der Waals surface area contributed by atoms with Gasteiger partial charge in [0.2, 0.25) is 0 Å². The van der Waals surface area contributed by atoms with Crippen molar-refractivity contribution < 1.29 is 33.3 Å². The summed E-state index contributed by atoms with van der Waals surface area (Å²) in [5, 5.41) is 10.3. The first-order valence-corrected chi connectivity index (χ1v) is 17.4. The lowest BCUT2D eigenvalue weighted by Gasteiger charge is -2.32. The average molecular weight is 722 g/mol. The molecule has 2 aromatic heterocycles. The molecule has 0 saturated carbocycles. The summed E-state index contributed by atoms with van der Waals surface area (Å²) in [5.74, 6) is 6.61. The Hall–Kier alpha value is -4.48. The molecule has 4 heterocycles. The predicted molar refractivity (Wildman–Crippen MR) is 189 cm³/mol. The molecule has 0 spiro atoms. The number of benzene rings is 2. The third-order valence-corrected chi connectivity index (χ3v) is 9.53. The van der Waals surface area contributed by atoms with Crippen LogP contribution in [0.25, 0.3) is 10.2 Å². The van der Waals surface area contributed by atoms with E-state index in [0.717, 1.165) is 19.5 Å². The number of morpholine rings is 1. The van der Waals surface area contributed by atoms with Crippen LogP contribution in [0.15, 0.2) is 54.9 Å². The van der Waals surface area contributed by atoms with Crippen LogP contribution in [-0.4, -0.2) is 87.6 Å². The number of halogens is 2. The SMILES string of the molecule is CC(C)(C)OC(=O)N(c1ccc(OCc2cccc(F)c2)c(Cl)c1)c1ncnc2cc(C#C[C@H]3CC[C@H](CN4CCOCC4)N3C(=O)O)sc12. The first-order chi connectivity index (χ1) is 23.9. The number of nitrogens with zero attached hydrogens (tertiary/aromatic N) is 5. The van der Waals surface area contributed by atoms with E-state index in [0.29, 0.717) is 58.3 Å². The lowest BCUT2D eigenvalue weighted by atomic mass is 10.2. The molecule has 50 heavy (non-hydrogen) atoms. The highest BCUT2D eigenvalue weighted by molar-refractivity contribution is 7.20. The minimum Gasteiger partial charge on any atom is -0.487 e. The first-order valence-electron chi connectivity index (χ1n) is 16.2. The maximum atomic E-state index is 13.8. The summed E-state index contributed by atoms with van der Waals surface area (Å²) in [6, 6.07) is 12.1. The van der Waals surface area contributed by atoms with Crippen molar-refractivity contribution in [1.82, 2.24) is 19.8 Å². The summed E-state index contributed by atoms with van der Waals surface area (Å²) in [7, 11) is 0. The zero-order chi connectivity index (χ0) is 35.4. The van der Waals surface area contributed by atoms with Gasteiger partial charge in [0.05, 0.1) is 45.1 Å². The number of hydrogen-bond donors (Lipinski definition) is 1. The standard InChI is InChI=1S/C36H37ClFN5O6S/c1-36(2,3)49-35(46)43(26-10-12-31(29(37)18-26)48-21-23-5-4-6-24(38)17-23)33-32-30(39-22-40-33)19-28(50-32)11-9-25-7-8-27(42(25)34(44)45)20-41-13-15-47-16-14-41/h4-6,10,12,17-19,22,25,27H,7-8,13-16,20-21H2,1-3H3,(H,44,45)/t25-,27-/m1/s1. The van der Waals surface area contributed by atoms with Crippen LogP contribution in [0.5, 0.6) is 5.75 Å². The Bertz CT molecular complexity index is 1940. The van der Waals surface area contributed by atoms with Gasteiger partial charge in [0.25, 0.3) is 0 Å². The van der Waals surface area contributed by atoms with Gasteiger partial charge in [-0.05, 0) is 75.6 Å². The smallest absolute Gasteiger partial charge is 0.420 e. The van der Waals surface area contributed by atoms with E-state index in [9.17, 15) is 19.1 Å². The topological polar surface area (TPSA) is 118 Å². The van der Waals surface area contributed by atoms with Crippen molar-refractivity contribution in [3.05, 3.63) is 76.1 Å². The van der Waals surface area contributed by atoms with E-state index in [4.69, 9.17) is 25.8 Å². The maximum Gasteiger partial charge on any atom is 0.420 e. The molecule has 2 fully saturated rings. The van der Waals surface area contributed by atoms with Gasteiger partial charge in [-0.15, -0.1) is 11.3 Å². The molecule has 0 bridgehead atoms. The van der Waals surface area contributed by atoms with Crippen molar-refractivity contribution in [1.29, 1.82) is 0 Å². The quantitative estimate of drug-likeness (QED) is 0.196. The molecule has 0 radical (unpaired) electrons. The molecule has 1 N–H and O–H groups in total. The van der Waals surface area contributed by atoms with Crippen LogP contribution in [-0.2, 0) is 16.1 Å². The third-order valence-electron chi connectivity index (χ3n) is 8.20. The molecule has 11 nitrogen and oxygen atoms in total. The van der Waals surface area contributed by atoms with Crippen LogP contribution in [0.3, 0.4) is 0 Å². The number of fused-ring (bicyclic) bond motifs is 1. The third kappa shape index (κ3) is 8.45. The Labute approximate surface area is 298 Å². The van der Waals surface area contributed by atoms with Crippen LogP contribution >= 0.6 is 22.9 Å². The number of likely N-dealkylation sites (tertiary alicyclic amines) is 1. The van der Waals surface area contributed by atoms with E-state index in [1.54, 1.807) is 57.2 Å². The Morgan fingerprint density at radius 3 is 2.66 bits per heavy atom. The summed E-state index contributed by atoms with van der Waals surface area (Å²) in [6.07, 6.45) is 1.06. The summed E-state index contributed by atoms with van der Waals surface area (Å²) in [5.41, 5.74) is 0.753. The van der Waals surface area contributed by atoms with Crippen LogP contribution in [0, 0.1) is 17.7 Å². The number of carbonyl (C=O) groups is 2. The second-order valence-corrected chi connectivity index (χ2v) is 14.4. The molecular formula is C36H37ClFN5O6S. The summed E-state index contributed by atoms with van der Waals surface area (Å²) in [6.45, 7) is 8.91. The van der Waals surface area contributed by atoms with Crippen LogP contribution < -0.4 is 9.64 Å². The second kappa shape index (κ2) is 15.2. The molecule has 2 saturated heterocycles. The molecule has 2 amide bonds. The van der Waals surface area contributed by atoms with Crippen LogP contribution in [0.2, 0.25) is 5.02 Å².